The van der Waals surface area contributed by atoms with Gasteiger partial charge in [0.1, 0.15) is 11.1 Å². The molecular formula is C19H21BrN2O4. The molecule has 1 saturated heterocycles. The van der Waals surface area contributed by atoms with E-state index in [4.69, 9.17) is 4.42 Å². The van der Waals surface area contributed by atoms with E-state index in [1.165, 1.54) is 11.0 Å². The van der Waals surface area contributed by atoms with Crippen LogP contribution in [0.25, 0.3) is 11.0 Å². The molecular weight excluding hydrogens is 400 g/mol. The lowest BCUT2D eigenvalue weighted by molar-refractivity contribution is -0.132. The Hall–Kier alpha value is -2.15. The van der Waals surface area contributed by atoms with Gasteiger partial charge in [-0.05, 0) is 36.6 Å². The average Bonchev–Trinajstić information content (AvgIpc) is 2.79. The van der Waals surface area contributed by atoms with E-state index < -0.39 is 17.2 Å². The number of carbonyl (C=O) groups excluding carboxylic acids is 2. The Balaban J connectivity index is 1.99. The summed E-state index contributed by atoms with van der Waals surface area (Å²) in [6.07, 6.45) is 2.80. The number of nitrogens with zero attached hydrogens (tertiary/aromatic N) is 1. The Bertz CT molecular complexity index is 915. The van der Waals surface area contributed by atoms with Crippen LogP contribution in [0.2, 0.25) is 0 Å². The van der Waals surface area contributed by atoms with Gasteiger partial charge in [0.2, 0.25) is 0 Å². The third-order valence-electron chi connectivity index (χ3n) is 4.72. The van der Waals surface area contributed by atoms with Crippen molar-refractivity contribution < 1.29 is 14.0 Å². The second-order valence-corrected chi connectivity index (χ2v) is 7.55. The molecule has 0 radical (unpaired) electrons. The molecule has 7 heteroatoms. The highest BCUT2D eigenvalue weighted by Gasteiger charge is 2.49. The summed E-state index contributed by atoms with van der Waals surface area (Å²) in [5, 5.41) is 3.59. The summed E-state index contributed by atoms with van der Waals surface area (Å²) in [7, 11) is 0. The smallest absolute Gasteiger partial charge is 0.336 e. The van der Waals surface area contributed by atoms with Crippen LogP contribution in [0.1, 0.15) is 45.1 Å². The van der Waals surface area contributed by atoms with Crippen LogP contribution in [0.3, 0.4) is 0 Å². The molecule has 0 saturated carbocycles. The fourth-order valence-corrected chi connectivity index (χ4v) is 3.98. The molecule has 2 aromatic rings. The molecule has 0 aliphatic carbocycles. The van der Waals surface area contributed by atoms with Crippen molar-refractivity contribution in [3.63, 3.8) is 0 Å². The summed E-state index contributed by atoms with van der Waals surface area (Å²) in [6, 6.07) is 6.27. The monoisotopic (exact) mass is 420 g/mol. The van der Waals surface area contributed by atoms with Gasteiger partial charge in [0.25, 0.3) is 5.91 Å². The zero-order valence-electron chi connectivity index (χ0n) is 14.8. The molecule has 0 unspecified atom stereocenters. The summed E-state index contributed by atoms with van der Waals surface area (Å²) in [5.41, 5.74) is -0.330. The van der Waals surface area contributed by atoms with E-state index in [1.54, 1.807) is 6.07 Å². The van der Waals surface area contributed by atoms with Crippen LogP contribution in [0.5, 0.6) is 0 Å². The molecule has 1 aromatic carbocycles. The number of fused-ring (bicyclic) bond motifs is 1. The van der Waals surface area contributed by atoms with Crippen LogP contribution in [-0.4, -0.2) is 22.4 Å². The maximum absolute atomic E-state index is 13.0. The van der Waals surface area contributed by atoms with Crippen LogP contribution in [0.15, 0.2) is 37.9 Å². The second kappa shape index (κ2) is 7.23. The predicted octanol–water partition coefficient (Wildman–Crippen LogP) is 3.95. The first kappa shape index (κ1) is 18.6. The number of carbonyl (C=O) groups is 2. The first-order valence-corrected chi connectivity index (χ1v) is 9.56. The van der Waals surface area contributed by atoms with Crippen molar-refractivity contribution in [1.29, 1.82) is 0 Å². The number of benzene rings is 1. The summed E-state index contributed by atoms with van der Waals surface area (Å²) in [4.78, 5) is 38.7. The van der Waals surface area contributed by atoms with Crippen molar-refractivity contribution in [2.45, 2.75) is 51.6 Å². The maximum atomic E-state index is 13.0. The van der Waals surface area contributed by atoms with Crippen molar-refractivity contribution in [2.24, 2.45) is 0 Å². The second-order valence-electron chi connectivity index (χ2n) is 6.63. The van der Waals surface area contributed by atoms with Gasteiger partial charge in [-0.3, -0.25) is 9.69 Å². The highest BCUT2D eigenvalue weighted by Crippen LogP contribution is 2.30. The summed E-state index contributed by atoms with van der Waals surface area (Å²) in [5.74, 6) is -0.218. The van der Waals surface area contributed by atoms with E-state index in [2.05, 4.69) is 21.2 Å². The van der Waals surface area contributed by atoms with Gasteiger partial charge in [0, 0.05) is 15.9 Å². The van der Waals surface area contributed by atoms with Crippen LogP contribution >= 0.6 is 15.9 Å². The molecule has 1 aromatic heterocycles. The van der Waals surface area contributed by atoms with Gasteiger partial charge >= 0.3 is 11.7 Å². The van der Waals surface area contributed by atoms with Gasteiger partial charge in [-0.2, -0.15) is 0 Å². The highest BCUT2D eigenvalue weighted by molar-refractivity contribution is 9.10. The number of urea groups is 1. The van der Waals surface area contributed by atoms with Crippen molar-refractivity contribution in [3.05, 3.63) is 44.7 Å². The molecule has 1 aliphatic heterocycles. The van der Waals surface area contributed by atoms with Gasteiger partial charge in [-0.1, -0.05) is 42.6 Å². The van der Waals surface area contributed by atoms with Gasteiger partial charge < -0.3 is 9.73 Å². The Morgan fingerprint density at radius 3 is 2.46 bits per heavy atom. The Labute approximate surface area is 159 Å². The SMILES string of the molecule is CCCC1(CCC)NC(=O)N(Cc2cc(=O)oc3cc(Br)ccc23)C1=O. The van der Waals surface area contributed by atoms with E-state index >= 15 is 0 Å². The van der Waals surface area contributed by atoms with E-state index in [-0.39, 0.29) is 12.5 Å². The van der Waals surface area contributed by atoms with Gasteiger partial charge in [-0.25, -0.2) is 9.59 Å². The third kappa shape index (κ3) is 3.28. The molecule has 1 N–H and O–H groups in total. The fourth-order valence-electron chi connectivity index (χ4n) is 3.64. The molecule has 1 fully saturated rings. The standard InChI is InChI=1S/C19H21BrN2O4/c1-3-7-19(8-4-2)17(24)22(18(25)21-19)11-12-9-16(23)26-15-10-13(20)5-6-14(12)15/h5-6,9-10H,3-4,7-8,11H2,1-2H3,(H,21,25). The van der Waals surface area contributed by atoms with Gasteiger partial charge in [-0.15, -0.1) is 0 Å². The summed E-state index contributed by atoms with van der Waals surface area (Å²) >= 11 is 3.35. The zero-order chi connectivity index (χ0) is 18.9. The first-order chi connectivity index (χ1) is 12.4. The van der Waals surface area contributed by atoms with Gasteiger partial charge in [0.05, 0.1) is 6.54 Å². The third-order valence-corrected chi connectivity index (χ3v) is 5.21. The van der Waals surface area contributed by atoms with Crippen LogP contribution < -0.4 is 10.9 Å². The molecule has 0 bridgehead atoms. The van der Waals surface area contributed by atoms with Crippen molar-refractivity contribution >= 4 is 38.8 Å². The van der Waals surface area contributed by atoms with E-state index in [0.717, 1.165) is 17.3 Å². The number of nitrogens with one attached hydrogen (secondary N) is 1. The number of hydrogen-bond acceptors (Lipinski definition) is 4. The quantitative estimate of drug-likeness (QED) is 0.566. The topological polar surface area (TPSA) is 79.6 Å². The largest absolute Gasteiger partial charge is 0.423 e. The van der Waals surface area contributed by atoms with Gasteiger partial charge in [0.15, 0.2) is 0 Å². The molecule has 2 heterocycles. The summed E-state index contributed by atoms with van der Waals surface area (Å²) < 4.78 is 6.01. The Morgan fingerprint density at radius 2 is 1.81 bits per heavy atom. The molecule has 0 spiro atoms. The minimum absolute atomic E-state index is 0.0452. The predicted molar refractivity (Wildman–Crippen MR) is 102 cm³/mol. The van der Waals surface area contributed by atoms with E-state index in [1.807, 2.05) is 26.0 Å². The maximum Gasteiger partial charge on any atom is 0.336 e. The van der Waals surface area contributed by atoms with Crippen LogP contribution in [0.4, 0.5) is 4.79 Å². The molecule has 6 nitrogen and oxygen atoms in total. The minimum atomic E-state index is -0.834. The minimum Gasteiger partial charge on any atom is -0.423 e. The summed E-state index contributed by atoms with van der Waals surface area (Å²) in [6.45, 7) is 4.03. The number of amides is 3. The lowest BCUT2D eigenvalue weighted by Crippen LogP contribution is -2.46. The number of hydrogen-bond donors (Lipinski definition) is 1. The normalized spacial score (nSPS) is 16.3. The van der Waals surface area contributed by atoms with Crippen molar-refractivity contribution in [1.82, 2.24) is 10.2 Å². The number of imide groups is 1. The average molecular weight is 421 g/mol. The molecule has 1 aliphatic rings. The first-order valence-electron chi connectivity index (χ1n) is 8.76. The zero-order valence-corrected chi connectivity index (χ0v) is 16.4. The fraction of sp³-hybridized carbons (Fsp3) is 0.421. The Kier molecular flexibility index (Phi) is 5.18. The molecule has 3 amide bonds. The highest BCUT2D eigenvalue weighted by atomic mass is 79.9. The molecule has 3 rings (SSSR count). The molecule has 0 atom stereocenters. The van der Waals surface area contributed by atoms with Crippen LogP contribution in [0, 0.1) is 0 Å². The molecule has 26 heavy (non-hydrogen) atoms. The number of rotatable bonds is 6. The lowest BCUT2D eigenvalue weighted by Gasteiger charge is -2.25. The lowest BCUT2D eigenvalue weighted by atomic mass is 9.88. The van der Waals surface area contributed by atoms with E-state index in [0.29, 0.717) is 29.4 Å². The Morgan fingerprint density at radius 1 is 1.12 bits per heavy atom. The van der Waals surface area contributed by atoms with Crippen molar-refractivity contribution in [2.75, 3.05) is 0 Å². The van der Waals surface area contributed by atoms with Crippen molar-refractivity contribution in [3.8, 4) is 0 Å². The molecule has 138 valence electrons. The van der Waals surface area contributed by atoms with E-state index in [9.17, 15) is 14.4 Å². The number of halogens is 1. The van der Waals surface area contributed by atoms with Crippen LogP contribution in [-0.2, 0) is 11.3 Å².